The Kier molecular flexibility index (Phi) is 2.93. The molecule has 3 heteroatoms. The number of ether oxygens (including phenoxy) is 1. The average Bonchev–Trinajstić information content (AvgIpc) is 3.21. The first-order valence-electron chi connectivity index (χ1n) is 10.0. The van der Waals surface area contributed by atoms with Gasteiger partial charge < -0.3 is 4.74 Å². The standard InChI is InChI=1S/C21H30O3/c1-12(22)21-18(24-21)11-17-15-5-4-13-10-14(23)6-8-19(13,2)16(15)7-9-20(17,21)3/h13,15-18H,4-11H2,1-3H3/t13-,15+,16-,17-,18-,19-,20+,21-/m0/s1. The van der Waals surface area contributed by atoms with E-state index in [9.17, 15) is 9.59 Å². The van der Waals surface area contributed by atoms with Crippen molar-refractivity contribution in [2.75, 3.05) is 0 Å². The van der Waals surface area contributed by atoms with Crippen LogP contribution in [0.1, 0.15) is 72.1 Å². The van der Waals surface area contributed by atoms with Crippen LogP contribution in [0.25, 0.3) is 0 Å². The molecule has 132 valence electrons. The number of fused-ring (bicyclic) bond motifs is 7. The number of hydrogen-bond donors (Lipinski definition) is 0. The van der Waals surface area contributed by atoms with Gasteiger partial charge in [-0.3, -0.25) is 9.59 Å². The van der Waals surface area contributed by atoms with Crippen LogP contribution in [0, 0.1) is 34.5 Å². The maximum absolute atomic E-state index is 12.4. The summed E-state index contributed by atoms with van der Waals surface area (Å²) >= 11 is 0. The van der Waals surface area contributed by atoms with Crippen molar-refractivity contribution in [1.29, 1.82) is 0 Å². The second-order valence-electron chi connectivity index (χ2n) is 9.99. The predicted octanol–water partition coefficient (Wildman–Crippen LogP) is 3.93. The molecule has 4 aliphatic carbocycles. The molecular formula is C21H30O3. The normalized spacial score (nSPS) is 58.3. The number of ketones is 2. The molecule has 4 saturated carbocycles. The van der Waals surface area contributed by atoms with Gasteiger partial charge in [-0.1, -0.05) is 13.8 Å². The Hall–Kier alpha value is -0.700. The van der Waals surface area contributed by atoms with Crippen molar-refractivity contribution in [3.8, 4) is 0 Å². The van der Waals surface area contributed by atoms with E-state index in [2.05, 4.69) is 13.8 Å². The third kappa shape index (κ3) is 1.59. The van der Waals surface area contributed by atoms with Gasteiger partial charge in [-0.15, -0.1) is 0 Å². The van der Waals surface area contributed by atoms with Gasteiger partial charge in [0.15, 0.2) is 11.4 Å². The maximum atomic E-state index is 12.4. The summed E-state index contributed by atoms with van der Waals surface area (Å²) in [6, 6.07) is 0. The summed E-state index contributed by atoms with van der Waals surface area (Å²) in [6.07, 6.45) is 8.84. The summed E-state index contributed by atoms with van der Waals surface area (Å²) in [7, 11) is 0. The molecule has 0 amide bonds. The van der Waals surface area contributed by atoms with E-state index in [1.165, 1.54) is 19.3 Å². The minimum atomic E-state index is -0.442. The molecule has 0 aromatic rings. The largest absolute Gasteiger partial charge is 0.357 e. The SMILES string of the molecule is CC(=O)[C@]12O[C@H]1C[C@H]1[C@@H]3CC[C@H]4CC(=O)CC[C@]4(C)[C@H]3CC[C@]12C. The highest BCUT2D eigenvalue weighted by Gasteiger charge is 2.79. The molecule has 0 spiro atoms. The Morgan fingerprint density at radius 1 is 1.12 bits per heavy atom. The van der Waals surface area contributed by atoms with E-state index in [4.69, 9.17) is 4.74 Å². The van der Waals surface area contributed by atoms with Crippen molar-refractivity contribution in [2.24, 2.45) is 34.5 Å². The Morgan fingerprint density at radius 2 is 1.92 bits per heavy atom. The van der Waals surface area contributed by atoms with Crippen LogP contribution in [0.5, 0.6) is 0 Å². The third-order valence-electron chi connectivity index (χ3n) is 9.44. The van der Waals surface area contributed by atoms with E-state index < -0.39 is 5.60 Å². The highest BCUT2D eigenvalue weighted by atomic mass is 16.6. The van der Waals surface area contributed by atoms with Gasteiger partial charge in [0.05, 0.1) is 6.10 Å². The minimum Gasteiger partial charge on any atom is -0.357 e. The van der Waals surface area contributed by atoms with Gasteiger partial charge in [-0.05, 0) is 74.5 Å². The average molecular weight is 330 g/mol. The summed E-state index contributed by atoms with van der Waals surface area (Å²) in [6.45, 7) is 6.57. The molecule has 5 aliphatic rings. The molecule has 1 heterocycles. The van der Waals surface area contributed by atoms with Crippen LogP contribution in [0.3, 0.4) is 0 Å². The van der Waals surface area contributed by atoms with Gasteiger partial charge in [-0.25, -0.2) is 0 Å². The molecule has 8 atom stereocenters. The summed E-state index contributed by atoms with van der Waals surface area (Å²) in [5.74, 6) is 3.50. The molecule has 24 heavy (non-hydrogen) atoms. The fourth-order valence-corrected chi connectivity index (χ4v) is 8.11. The van der Waals surface area contributed by atoms with Crippen LogP contribution >= 0.6 is 0 Å². The molecule has 0 aromatic heterocycles. The van der Waals surface area contributed by atoms with Gasteiger partial charge in [0.1, 0.15) is 5.78 Å². The minimum absolute atomic E-state index is 0.0539. The topological polar surface area (TPSA) is 46.7 Å². The zero-order chi connectivity index (χ0) is 16.9. The molecule has 3 nitrogen and oxygen atoms in total. The van der Waals surface area contributed by atoms with Gasteiger partial charge >= 0.3 is 0 Å². The van der Waals surface area contributed by atoms with Crippen LogP contribution in [-0.2, 0) is 14.3 Å². The van der Waals surface area contributed by atoms with E-state index in [1.807, 2.05) is 0 Å². The summed E-state index contributed by atoms with van der Waals surface area (Å²) < 4.78 is 6.01. The number of carbonyl (C=O) groups is 2. The van der Waals surface area contributed by atoms with Crippen molar-refractivity contribution in [3.63, 3.8) is 0 Å². The Morgan fingerprint density at radius 3 is 2.67 bits per heavy atom. The highest BCUT2D eigenvalue weighted by Crippen LogP contribution is 2.73. The molecule has 5 fully saturated rings. The molecule has 1 aliphatic heterocycles. The highest BCUT2D eigenvalue weighted by molar-refractivity contribution is 5.90. The lowest BCUT2D eigenvalue weighted by Crippen LogP contribution is -2.56. The molecule has 0 bridgehead atoms. The van der Waals surface area contributed by atoms with Gasteiger partial charge in [0, 0.05) is 18.3 Å². The fourth-order valence-electron chi connectivity index (χ4n) is 8.11. The zero-order valence-corrected chi connectivity index (χ0v) is 15.3. The second kappa shape index (κ2) is 4.52. The molecular weight excluding hydrogens is 300 g/mol. The van der Waals surface area contributed by atoms with E-state index >= 15 is 0 Å². The Bertz CT molecular complexity index is 627. The lowest BCUT2D eigenvalue weighted by molar-refractivity contribution is -0.151. The number of rotatable bonds is 1. The summed E-state index contributed by atoms with van der Waals surface area (Å²) in [5, 5.41) is 0. The number of hydrogen-bond acceptors (Lipinski definition) is 3. The monoisotopic (exact) mass is 330 g/mol. The molecule has 5 rings (SSSR count). The van der Waals surface area contributed by atoms with Crippen molar-refractivity contribution in [2.45, 2.75) is 83.8 Å². The van der Waals surface area contributed by atoms with E-state index in [1.54, 1.807) is 6.92 Å². The predicted molar refractivity (Wildman–Crippen MR) is 90.4 cm³/mol. The molecule has 0 aromatic carbocycles. The first-order valence-corrected chi connectivity index (χ1v) is 10.0. The first kappa shape index (κ1) is 15.5. The quantitative estimate of drug-likeness (QED) is 0.684. The van der Waals surface area contributed by atoms with Crippen molar-refractivity contribution >= 4 is 11.6 Å². The third-order valence-corrected chi connectivity index (χ3v) is 9.44. The van der Waals surface area contributed by atoms with Crippen molar-refractivity contribution < 1.29 is 14.3 Å². The smallest absolute Gasteiger partial charge is 0.164 e. The van der Waals surface area contributed by atoms with Crippen LogP contribution in [0.4, 0.5) is 0 Å². The van der Waals surface area contributed by atoms with Crippen molar-refractivity contribution in [3.05, 3.63) is 0 Å². The van der Waals surface area contributed by atoms with Gasteiger partial charge in [0.25, 0.3) is 0 Å². The number of epoxide rings is 1. The fraction of sp³-hybridized carbons (Fsp3) is 0.905. The van der Waals surface area contributed by atoms with Crippen LogP contribution in [0.15, 0.2) is 0 Å². The van der Waals surface area contributed by atoms with E-state index in [0.29, 0.717) is 23.0 Å². The number of Topliss-reactive ketones (excluding diaryl/α,β-unsaturated/α-hetero) is 2. The first-order chi connectivity index (χ1) is 11.3. The van der Waals surface area contributed by atoms with E-state index in [0.717, 1.165) is 43.9 Å². The van der Waals surface area contributed by atoms with E-state index in [-0.39, 0.29) is 17.3 Å². The van der Waals surface area contributed by atoms with Gasteiger partial charge in [0.2, 0.25) is 0 Å². The second-order valence-corrected chi connectivity index (χ2v) is 9.99. The molecule has 0 N–H and O–H groups in total. The lowest BCUT2D eigenvalue weighted by atomic mass is 9.44. The van der Waals surface area contributed by atoms with Crippen LogP contribution < -0.4 is 0 Å². The Balaban J connectivity index is 1.48. The maximum Gasteiger partial charge on any atom is 0.164 e. The lowest BCUT2D eigenvalue weighted by Gasteiger charge is -2.60. The zero-order valence-electron chi connectivity index (χ0n) is 15.3. The van der Waals surface area contributed by atoms with Crippen molar-refractivity contribution in [1.82, 2.24) is 0 Å². The Labute approximate surface area is 144 Å². The summed E-state index contributed by atoms with van der Waals surface area (Å²) in [4.78, 5) is 24.4. The number of carbonyl (C=O) groups excluding carboxylic acids is 2. The molecule has 1 saturated heterocycles. The molecule has 0 radical (unpaired) electrons. The summed E-state index contributed by atoms with van der Waals surface area (Å²) in [5.41, 5.74) is -0.0313. The molecule has 0 unspecified atom stereocenters. The van der Waals surface area contributed by atoms with Crippen LogP contribution in [0.2, 0.25) is 0 Å². The van der Waals surface area contributed by atoms with Gasteiger partial charge in [-0.2, -0.15) is 0 Å². The van der Waals surface area contributed by atoms with Crippen LogP contribution in [-0.4, -0.2) is 23.3 Å².